The van der Waals surface area contributed by atoms with Gasteiger partial charge in [-0.1, -0.05) is 35.9 Å². The Labute approximate surface area is 172 Å². The lowest BCUT2D eigenvalue weighted by Crippen LogP contribution is -2.52. The van der Waals surface area contributed by atoms with Gasteiger partial charge in [-0.25, -0.2) is 8.42 Å². The Balaban J connectivity index is 1.38. The Bertz CT molecular complexity index is 984. The van der Waals surface area contributed by atoms with Crippen LogP contribution >= 0.6 is 0 Å². The van der Waals surface area contributed by atoms with Crippen LogP contribution in [0.2, 0.25) is 0 Å². The van der Waals surface area contributed by atoms with E-state index in [1.165, 1.54) is 15.4 Å². The van der Waals surface area contributed by atoms with Crippen molar-refractivity contribution in [2.24, 2.45) is 0 Å². The Hall–Kier alpha value is -2.38. The topological polar surface area (TPSA) is 60.9 Å². The summed E-state index contributed by atoms with van der Waals surface area (Å²) in [6.45, 7) is 4.84. The van der Waals surface area contributed by atoms with Gasteiger partial charge in [0.05, 0.1) is 11.4 Å². The number of piperazine rings is 1. The van der Waals surface area contributed by atoms with Gasteiger partial charge in [0, 0.05) is 38.4 Å². The first-order chi connectivity index (χ1) is 13.9. The number of aryl methyl sites for hydroxylation is 2. The van der Waals surface area contributed by atoms with Crippen LogP contribution < -0.4 is 4.90 Å². The summed E-state index contributed by atoms with van der Waals surface area (Å²) in [5.41, 5.74) is 3.70. The summed E-state index contributed by atoms with van der Waals surface area (Å²) in [7, 11) is -3.50. The molecule has 0 bridgehead atoms. The van der Waals surface area contributed by atoms with Crippen molar-refractivity contribution in [1.29, 1.82) is 0 Å². The van der Waals surface area contributed by atoms with Crippen LogP contribution in [0.3, 0.4) is 0 Å². The van der Waals surface area contributed by atoms with E-state index < -0.39 is 10.0 Å². The second-order valence-corrected chi connectivity index (χ2v) is 9.69. The van der Waals surface area contributed by atoms with Crippen LogP contribution in [-0.2, 0) is 21.2 Å². The normalized spacial score (nSPS) is 17.8. The zero-order chi connectivity index (χ0) is 20.4. The molecule has 4 rings (SSSR count). The van der Waals surface area contributed by atoms with Crippen LogP contribution in [0.25, 0.3) is 0 Å². The summed E-state index contributed by atoms with van der Waals surface area (Å²) in [6, 6.07) is 14.9. The number of nitrogens with zero attached hydrogens (tertiary/aromatic N) is 3. The SMILES string of the molecule is Cc1ccc2c(c1)CCCN2CC(=O)N1CCN(S(=O)(=O)c2ccccc2)CC1. The predicted octanol–water partition coefficient (Wildman–Crippen LogP) is 2.28. The molecule has 0 atom stereocenters. The van der Waals surface area contributed by atoms with E-state index in [4.69, 9.17) is 0 Å². The van der Waals surface area contributed by atoms with Gasteiger partial charge in [-0.2, -0.15) is 4.31 Å². The van der Waals surface area contributed by atoms with Crippen molar-refractivity contribution in [1.82, 2.24) is 9.21 Å². The fraction of sp³-hybridized carbons (Fsp3) is 0.409. The monoisotopic (exact) mass is 413 g/mol. The summed E-state index contributed by atoms with van der Waals surface area (Å²) in [4.78, 5) is 17.1. The molecule has 0 N–H and O–H groups in total. The fourth-order valence-electron chi connectivity index (χ4n) is 4.15. The molecule has 29 heavy (non-hydrogen) atoms. The molecule has 2 aliphatic rings. The van der Waals surface area contributed by atoms with E-state index in [0.29, 0.717) is 37.6 Å². The molecule has 1 amide bonds. The number of anilines is 1. The van der Waals surface area contributed by atoms with Crippen LogP contribution in [0.15, 0.2) is 53.4 Å². The minimum atomic E-state index is -3.50. The van der Waals surface area contributed by atoms with E-state index in [2.05, 4.69) is 30.0 Å². The highest BCUT2D eigenvalue weighted by atomic mass is 32.2. The molecule has 0 aromatic heterocycles. The minimum absolute atomic E-state index is 0.0650. The van der Waals surface area contributed by atoms with Crippen molar-refractivity contribution >= 4 is 21.6 Å². The average Bonchev–Trinajstić information content (AvgIpc) is 2.74. The maximum atomic E-state index is 12.9. The summed E-state index contributed by atoms with van der Waals surface area (Å²) in [5, 5.41) is 0. The van der Waals surface area contributed by atoms with Gasteiger partial charge in [-0.05, 0) is 43.5 Å². The van der Waals surface area contributed by atoms with E-state index in [1.807, 2.05) is 0 Å². The van der Waals surface area contributed by atoms with Crippen molar-refractivity contribution < 1.29 is 13.2 Å². The highest BCUT2D eigenvalue weighted by molar-refractivity contribution is 7.89. The number of benzene rings is 2. The maximum Gasteiger partial charge on any atom is 0.243 e. The number of rotatable bonds is 4. The van der Waals surface area contributed by atoms with Gasteiger partial charge in [0.2, 0.25) is 15.9 Å². The smallest absolute Gasteiger partial charge is 0.243 e. The number of hydrogen-bond acceptors (Lipinski definition) is 4. The molecule has 0 radical (unpaired) electrons. The molecule has 154 valence electrons. The first-order valence-electron chi connectivity index (χ1n) is 10.1. The third kappa shape index (κ3) is 4.16. The molecule has 0 saturated carbocycles. The standard InChI is InChI=1S/C22H27N3O3S/c1-18-9-10-21-19(16-18)6-5-11-24(21)17-22(26)23-12-14-25(15-13-23)29(27,28)20-7-3-2-4-8-20/h2-4,7-10,16H,5-6,11-15,17H2,1H3. The average molecular weight is 414 g/mol. The van der Waals surface area contributed by atoms with Gasteiger partial charge >= 0.3 is 0 Å². The van der Waals surface area contributed by atoms with E-state index in [0.717, 1.165) is 25.1 Å². The highest BCUT2D eigenvalue weighted by Gasteiger charge is 2.31. The van der Waals surface area contributed by atoms with E-state index in [9.17, 15) is 13.2 Å². The second-order valence-electron chi connectivity index (χ2n) is 7.76. The lowest BCUT2D eigenvalue weighted by atomic mass is 9.99. The molecule has 2 aromatic carbocycles. The number of sulfonamides is 1. The third-order valence-electron chi connectivity index (χ3n) is 5.75. The second kappa shape index (κ2) is 8.16. The van der Waals surface area contributed by atoms with Crippen molar-refractivity contribution in [3.63, 3.8) is 0 Å². The molecule has 1 fully saturated rings. The molecule has 2 aliphatic heterocycles. The molecule has 0 spiro atoms. The summed E-state index contributed by atoms with van der Waals surface area (Å²) < 4.78 is 27.0. The summed E-state index contributed by atoms with van der Waals surface area (Å²) >= 11 is 0. The number of amides is 1. The van der Waals surface area contributed by atoms with Gasteiger partial charge in [0.1, 0.15) is 0 Å². The van der Waals surface area contributed by atoms with Crippen molar-refractivity contribution in [2.75, 3.05) is 44.2 Å². The Morgan fingerprint density at radius 1 is 0.966 bits per heavy atom. The van der Waals surface area contributed by atoms with Gasteiger partial charge < -0.3 is 9.80 Å². The summed E-state index contributed by atoms with van der Waals surface area (Å²) in [6.07, 6.45) is 2.10. The van der Waals surface area contributed by atoms with Crippen molar-refractivity contribution in [2.45, 2.75) is 24.7 Å². The Morgan fingerprint density at radius 2 is 1.69 bits per heavy atom. The van der Waals surface area contributed by atoms with Crippen LogP contribution in [-0.4, -0.2) is 62.8 Å². The molecule has 7 heteroatoms. The molecular weight excluding hydrogens is 386 g/mol. The van der Waals surface area contributed by atoms with Gasteiger partial charge in [0.25, 0.3) is 0 Å². The number of carbonyl (C=O) groups excluding carboxylic acids is 1. The van der Waals surface area contributed by atoms with E-state index in [-0.39, 0.29) is 5.91 Å². The summed E-state index contributed by atoms with van der Waals surface area (Å²) in [5.74, 6) is 0.0650. The van der Waals surface area contributed by atoms with Crippen LogP contribution in [0, 0.1) is 6.92 Å². The number of carbonyl (C=O) groups is 1. The molecule has 0 aliphatic carbocycles. The lowest BCUT2D eigenvalue weighted by Gasteiger charge is -2.37. The molecular formula is C22H27N3O3S. The van der Waals surface area contributed by atoms with Crippen LogP contribution in [0.5, 0.6) is 0 Å². The molecule has 0 unspecified atom stereocenters. The quantitative estimate of drug-likeness (QED) is 0.772. The number of hydrogen-bond donors (Lipinski definition) is 0. The van der Waals surface area contributed by atoms with Gasteiger partial charge in [-0.15, -0.1) is 0 Å². The molecule has 6 nitrogen and oxygen atoms in total. The first-order valence-corrected chi connectivity index (χ1v) is 11.6. The molecule has 1 saturated heterocycles. The minimum Gasteiger partial charge on any atom is -0.362 e. The van der Waals surface area contributed by atoms with Gasteiger partial charge in [-0.3, -0.25) is 4.79 Å². The van der Waals surface area contributed by atoms with E-state index in [1.54, 1.807) is 35.2 Å². The van der Waals surface area contributed by atoms with Gasteiger partial charge in [0.15, 0.2) is 0 Å². The Kier molecular flexibility index (Phi) is 5.61. The van der Waals surface area contributed by atoms with Crippen LogP contribution in [0.1, 0.15) is 17.5 Å². The van der Waals surface area contributed by atoms with Crippen LogP contribution in [0.4, 0.5) is 5.69 Å². The molecule has 2 heterocycles. The zero-order valence-corrected chi connectivity index (χ0v) is 17.6. The van der Waals surface area contributed by atoms with Crippen molar-refractivity contribution in [3.8, 4) is 0 Å². The first kappa shape index (κ1) is 19.9. The fourth-order valence-corrected chi connectivity index (χ4v) is 5.59. The maximum absolute atomic E-state index is 12.9. The Morgan fingerprint density at radius 3 is 2.41 bits per heavy atom. The molecule has 2 aromatic rings. The van der Waals surface area contributed by atoms with E-state index >= 15 is 0 Å². The highest BCUT2D eigenvalue weighted by Crippen LogP contribution is 2.28. The third-order valence-corrected chi connectivity index (χ3v) is 7.66. The van der Waals surface area contributed by atoms with Crippen molar-refractivity contribution in [3.05, 3.63) is 59.7 Å². The zero-order valence-electron chi connectivity index (χ0n) is 16.8. The number of fused-ring (bicyclic) bond motifs is 1. The largest absolute Gasteiger partial charge is 0.362 e. The predicted molar refractivity (Wildman–Crippen MR) is 113 cm³/mol. The lowest BCUT2D eigenvalue weighted by molar-refractivity contribution is -0.130.